The van der Waals surface area contributed by atoms with Crippen molar-refractivity contribution in [2.75, 3.05) is 0 Å². The van der Waals surface area contributed by atoms with Crippen LogP contribution in [0.25, 0.3) is 16.9 Å². The first kappa shape index (κ1) is 10.7. The van der Waals surface area contributed by atoms with E-state index in [1.807, 2.05) is 40.9 Å². The summed E-state index contributed by atoms with van der Waals surface area (Å²) in [5.41, 5.74) is 2.50. The lowest BCUT2D eigenvalue weighted by Crippen LogP contribution is -1.93. The van der Waals surface area contributed by atoms with Crippen molar-refractivity contribution < 1.29 is 0 Å². The summed E-state index contributed by atoms with van der Waals surface area (Å²) in [6.45, 7) is 0. The highest BCUT2D eigenvalue weighted by Gasteiger charge is 2.09. The number of hydrogen-bond donors (Lipinski definition) is 0. The van der Waals surface area contributed by atoms with E-state index in [2.05, 4.69) is 25.9 Å². The summed E-state index contributed by atoms with van der Waals surface area (Å²) in [6, 6.07) is 9.90. The Labute approximate surface area is 111 Å². The fourth-order valence-electron chi connectivity index (χ4n) is 1.67. The van der Waals surface area contributed by atoms with Crippen molar-refractivity contribution in [1.82, 2.24) is 14.4 Å². The molecule has 2 heterocycles. The molecule has 0 radical (unpaired) electrons. The van der Waals surface area contributed by atoms with Crippen molar-refractivity contribution in [1.29, 1.82) is 0 Å². The number of rotatable bonds is 1. The van der Waals surface area contributed by atoms with Crippen LogP contribution in [0.2, 0.25) is 5.15 Å². The molecule has 0 spiro atoms. The number of fused-ring (bicyclic) bond motifs is 1. The Kier molecular flexibility index (Phi) is 2.61. The average molecular weight is 309 g/mol. The molecule has 3 aromatic rings. The topological polar surface area (TPSA) is 30.2 Å². The lowest BCUT2D eigenvalue weighted by Gasteiger charge is -2.03. The van der Waals surface area contributed by atoms with Crippen LogP contribution in [0.4, 0.5) is 0 Å². The van der Waals surface area contributed by atoms with E-state index >= 15 is 0 Å². The Morgan fingerprint density at radius 1 is 1.18 bits per heavy atom. The smallest absolute Gasteiger partial charge is 0.175 e. The third-order valence-corrected chi connectivity index (χ3v) is 3.32. The minimum atomic E-state index is 0.400. The van der Waals surface area contributed by atoms with Gasteiger partial charge in [-0.25, -0.2) is 9.97 Å². The highest BCUT2D eigenvalue weighted by atomic mass is 79.9. The first-order valence-electron chi connectivity index (χ1n) is 5.00. The summed E-state index contributed by atoms with van der Waals surface area (Å²) in [5.74, 6) is 0. The number of imidazole rings is 1. The van der Waals surface area contributed by atoms with E-state index in [0.717, 1.165) is 15.9 Å². The summed E-state index contributed by atoms with van der Waals surface area (Å²) >= 11 is 9.53. The van der Waals surface area contributed by atoms with Gasteiger partial charge in [0.25, 0.3) is 0 Å². The van der Waals surface area contributed by atoms with Crippen molar-refractivity contribution in [2.45, 2.75) is 0 Å². The number of nitrogens with zero attached hydrogens (tertiary/aromatic N) is 3. The molecule has 17 heavy (non-hydrogen) atoms. The molecule has 0 unspecified atom stereocenters. The molecule has 84 valence electrons. The molecule has 0 fully saturated rings. The van der Waals surface area contributed by atoms with Gasteiger partial charge in [-0.3, -0.25) is 4.40 Å². The second-order valence-electron chi connectivity index (χ2n) is 3.56. The normalized spacial score (nSPS) is 10.9. The monoisotopic (exact) mass is 307 g/mol. The third kappa shape index (κ3) is 1.83. The summed E-state index contributed by atoms with van der Waals surface area (Å²) in [4.78, 5) is 8.52. The van der Waals surface area contributed by atoms with Crippen LogP contribution in [0, 0.1) is 0 Å². The Morgan fingerprint density at radius 3 is 2.71 bits per heavy atom. The first-order chi connectivity index (χ1) is 8.25. The second-order valence-corrected chi connectivity index (χ2v) is 4.73. The highest BCUT2D eigenvalue weighted by molar-refractivity contribution is 9.10. The van der Waals surface area contributed by atoms with E-state index in [0.29, 0.717) is 10.8 Å². The maximum Gasteiger partial charge on any atom is 0.175 e. The maximum absolute atomic E-state index is 6.11. The SMILES string of the molecule is Clc1nc(-c2ccccc2)cn2c(Br)cnc12. The molecule has 0 aliphatic carbocycles. The highest BCUT2D eigenvalue weighted by Crippen LogP contribution is 2.24. The largest absolute Gasteiger partial charge is 0.289 e. The molecule has 2 aromatic heterocycles. The van der Waals surface area contributed by atoms with Gasteiger partial charge in [0.1, 0.15) is 4.60 Å². The van der Waals surface area contributed by atoms with Crippen molar-refractivity contribution in [2.24, 2.45) is 0 Å². The molecular formula is C12H7BrClN3. The summed E-state index contributed by atoms with van der Waals surface area (Å²) in [7, 11) is 0. The number of hydrogen-bond acceptors (Lipinski definition) is 2. The van der Waals surface area contributed by atoms with Gasteiger partial charge in [-0.1, -0.05) is 41.9 Å². The van der Waals surface area contributed by atoms with Crippen LogP contribution in [0.15, 0.2) is 47.3 Å². The molecule has 1 aromatic carbocycles. The molecule has 0 amide bonds. The second kappa shape index (κ2) is 4.13. The van der Waals surface area contributed by atoms with Crippen molar-refractivity contribution in [3.63, 3.8) is 0 Å². The van der Waals surface area contributed by atoms with Crippen LogP contribution < -0.4 is 0 Å². The summed E-state index contributed by atoms with van der Waals surface area (Å²) in [5, 5.41) is 0.400. The van der Waals surface area contributed by atoms with Crippen molar-refractivity contribution >= 4 is 33.2 Å². The molecule has 0 N–H and O–H groups in total. The van der Waals surface area contributed by atoms with Crippen LogP contribution in [-0.2, 0) is 0 Å². The predicted octanol–water partition coefficient (Wildman–Crippen LogP) is 3.81. The van der Waals surface area contributed by atoms with E-state index in [4.69, 9.17) is 11.6 Å². The predicted molar refractivity (Wildman–Crippen MR) is 71.1 cm³/mol. The maximum atomic E-state index is 6.11. The fraction of sp³-hybridized carbons (Fsp3) is 0. The molecule has 3 rings (SSSR count). The average Bonchev–Trinajstić information content (AvgIpc) is 2.73. The van der Waals surface area contributed by atoms with Crippen LogP contribution >= 0.6 is 27.5 Å². The standard InChI is InChI=1S/C12H7BrClN3/c13-10-6-15-12-11(14)16-9(7-17(10)12)8-4-2-1-3-5-8/h1-7H. The van der Waals surface area contributed by atoms with Gasteiger partial charge in [-0.15, -0.1) is 0 Å². The quantitative estimate of drug-likeness (QED) is 0.684. The molecule has 0 aliphatic rings. The minimum Gasteiger partial charge on any atom is -0.289 e. The minimum absolute atomic E-state index is 0.400. The fourth-order valence-corrected chi connectivity index (χ4v) is 2.27. The lowest BCUT2D eigenvalue weighted by molar-refractivity contribution is 1.11. The molecule has 5 heteroatoms. The molecule has 0 atom stereocenters. The third-order valence-electron chi connectivity index (χ3n) is 2.48. The van der Waals surface area contributed by atoms with Gasteiger partial charge in [0.2, 0.25) is 0 Å². The van der Waals surface area contributed by atoms with Crippen LogP contribution in [0.3, 0.4) is 0 Å². The number of benzene rings is 1. The molecule has 0 saturated carbocycles. The van der Waals surface area contributed by atoms with Crippen molar-refractivity contribution in [3.05, 3.63) is 52.5 Å². The van der Waals surface area contributed by atoms with E-state index < -0.39 is 0 Å². The Hall–Kier alpha value is -1.39. The van der Waals surface area contributed by atoms with Crippen LogP contribution in [0.5, 0.6) is 0 Å². The first-order valence-corrected chi connectivity index (χ1v) is 6.17. The van der Waals surface area contributed by atoms with Crippen LogP contribution in [-0.4, -0.2) is 14.4 Å². The van der Waals surface area contributed by atoms with Crippen LogP contribution in [0.1, 0.15) is 0 Å². The van der Waals surface area contributed by atoms with E-state index in [9.17, 15) is 0 Å². The van der Waals surface area contributed by atoms with E-state index in [1.54, 1.807) is 6.20 Å². The Morgan fingerprint density at radius 2 is 1.94 bits per heavy atom. The van der Waals surface area contributed by atoms with Gasteiger partial charge in [-0.05, 0) is 15.9 Å². The van der Waals surface area contributed by atoms with Gasteiger partial charge in [-0.2, -0.15) is 0 Å². The molecule has 0 bridgehead atoms. The molecule has 3 nitrogen and oxygen atoms in total. The van der Waals surface area contributed by atoms with Gasteiger partial charge in [0.05, 0.1) is 11.9 Å². The summed E-state index contributed by atoms with van der Waals surface area (Å²) in [6.07, 6.45) is 3.62. The number of aromatic nitrogens is 3. The van der Waals surface area contributed by atoms with E-state index in [1.165, 1.54) is 0 Å². The lowest BCUT2D eigenvalue weighted by atomic mass is 10.2. The van der Waals surface area contributed by atoms with Gasteiger partial charge < -0.3 is 0 Å². The van der Waals surface area contributed by atoms with E-state index in [-0.39, 0.29) is 0 Å². The Bertz CT molecular complexity index is 679. The zero-order valence-corrected chi connectivity index (χ0v) is 11.0. The summed E-state index contributed by atoms with van der Waals surface area (Å²) < 4.78 is 2.73. The van der Waals surface area contributed by atoms with Crippen molar-refractivity contribution in [3.8, 4) is 11.3 Å². The van der Waals surface area contributed by atoms with Gasteiger partial charge in [0.15, 0.2) is 10.8 Å². The molecule has 0 saturated heterocycles. The zero-order valence-electron chi connectivity index (χ0n) is 8.64. The van der Waals surface area contributed by atoms with Gasteiger partial charge >= 0.3 is 0 Å². The number of halogens is 2. The zero-order chi connectivity index (χ0) is 11.8. The Balaban J connectivity index is 2.28. The molecule has 0 aliphatic heterocycles. The van der Waals surface area contributed by atoms with Gasteiger partial charge in [0, 0.05) is 11.8 Å². The molecular weight excluding hydrogens is 302 g/mol.